The molecule has 0 aliphatic heterocycles. The Hall–Kier alpha value is -2.59. The first-order valence-corrected chi connectivity index (χ1v) is 6.67. The van der Waals surface area contributed by atoms with Gasteiger partial charge in [0.2, 0.25) is 0 Å². The van der Waals surface area contributed by atoms with Crippen LogP contribution in [-0.4, -0.2) is 20.6 Å². The Kier molecular flexibility index (Phi) is 3.46. The Morgan fingerprint density at radius 1 is 1.05 bits per heavy atom. The molecule has 21 heavy (non-hydrogen) atoms. The highest BCUT2D eigenvalue weighted by atomic mass is 35.5. The fourth-order valence-corrected chi connectivity index (χ4v) is 2.20. The van der Waals surface area contributed by atoms with Crippen LogP contribution in [0.2, 0.25) is 5.02 Å². The number of aromatic carboxylic acids is 1. The summed E-state index contributed by atoms with van der Waals surface area (Å²) in [6.07, 6.45) is 1.51. The number of nitrogens with zero attached hydrogens (tertiary/aromatic N) is 2. The number of rotatable bonds is 3. The van der Waals surface area contributed by atoms with Gasteiger partial charge in [0.15, 0.2) is 5.69 Å². The van der Waals surface area contributed by atoms with Gasteiger partial charge in [-0.1, -0.05) is 41.9 Å². The van der Waals surface area contributed by atoms with Crippen LogP contribution in [0.3, 0.4) is 0 Å². The SMILES string of the molecule is O=C(O)c1cn(-c2ccc(Cl)cc2)c(-c2ccccc2)n1. The van der Waals surface area contributed by atoms with Gasteiger partial charge < -0.3 is 5.11 Å². The smallest absolute Gasteiger partial charge is 0.356 e. The van der Waals surface area contributed by atoms with Crippen molar-refractivity contribution in [1.29, 1.82) is 0 Å². The Labute approximate surface area is 126 Å². The lowest BCUT2D eigenvalue weighted by Crippen LogP contribution is -1.96. The number of imidazole rings is 1. The topological polar surface area (TPSA) is 55.1 Å². The van der Waals surface area contributed by atoms with Gasteiger partial charge in [0, 0.05) is 22.5 Å². The molecule has 3 aromatic rings. The summed E-state index contributed by atoms with van der Waals surface area (Å²) < 4.78 is 1.75. The van der Waals surface area contributed by atoms with Crippen molar-refractivity contribution >= 4 is 17.6 Å². The second-order valence-corrected chi connectivity index (χ2v) is 4.90. The molecule has 0 saturated heterocycles. The fraction of sp³-hybridized carbons (Fsp3) is 0. The molecule has 0 bridgehead atoms. The van der Waals surface area contributed by atoms with Crippen molar-refractivity contribution < 1.29 is 9.90 Å². The van der Waals surface area contributed by atoms with E-state index in [0.717, 1.165) is 11.3 Å². The summed E-state index contributed by atoms with van der Waals surface area (Å²) in [4.78, 5) is 15.4. The van der Waals surface area contributed by atoms with Gasteiger partial charge >= 0.3 is 5.97 Å². The molecule has 0 atom stereocenters. The molecular formula is C16H11ClN2O2. The number of halogens is 1. The lowest BCUT2D eigenvalue weighted by molar-refractivity contribution is 0.0691. The minimum atomic E-state index is -1.06. The molecular weight excluding hydrogens is 288 g/mol. The zero-order valence-corrected chi connectivity index (χ0v) is 11.7. The molecule has 4 nitrogen and oxygen atoms in total. The van der Waals surface area contributed by atoms with E-state index >= 15 is 0 Å². The Balaban J connectivity index is 2.19. The summed E-state index contributed by atoms with van der Waals surface area (Å²) in [5, 5.41) is 9.79. The molecule has 0 saturated carbocycles. The first-order chi connectivity index (χ1) is 10.1. The lowest BCUT2D eigenvalue weighted by atomic mass is 10.2. The third kappa shape index (κ3) is 2.66. The van der Waals surface area contributed by atoms with Crippen LogP contribution in [0.5, 0.6) is 0 Å². The number of benzene rings is 2. The number of hydrogen-bond donors (Lipinski definition) is 1. The van der Waals surface area contributed by atoms with Crippen molar-refractivity contribution in [3.05, 3.63) is 71.5 Å². The first kappa shape index (κ1) is 13.4. The number of carbonyl (C=O) groups is 1. The van der Waals surface area contributed by atoms with Gasteiger partial charge in [0.1, 0.15) is 5.82 Å². The van der Waals surface area contributed by atoms with E-state index in [4.69, 9.17) is 16.7 Å². The molecule has 0 spiro atoms. The van der Waals surface area contributed by atoms with Gasteiger partial charge in [-0.15, -0.1) is 0 Å². The van der Waals surface area contributed by atoms with Crippen LogP contribution in [0.4, 0.5) is 0 Å². The molecule has 104 valence electrons. The van der Waals surface area contributed by atoms with Crippen LogP contribution in [0.25, 0.3) is 17.1 Å². The molecule has 5 heteroatoms. The Bertz CT molecular complexity index is 780. The third-order valence-electron chi connectivity index (χ3n) is 3.06. The van der Waals surface area contributed by atoms with E-state index in [1.165, 1.54) is 6.20 Å². The van der Waals surface area contributed by atoms with Crippen molar-refractivity contribution in [3.63, 3.8) is 0 Å². The highest BCUT2D eigenvalue weighted by Gasteiger charge is 2.15. The van der Waals surface area contributed by atoms with Crippen molar-refractivity contribution in [3.8, 4) is 17.1 Å². The largest absolute Gasteiger partial charge is 0.476 e. The monoisotopic (exact) mass is 298 g/mol. The van der Waals surface area contributed by atoms with Gasteiger partial charge in [-0.3, -0.25) is 4.57 Å². The quantitative estimate of drug-likeness (QED) is 0.798. The van der Waals surface area contributed by atoms with Gasteiger partial charge in [-0.25, -0.2) is 9.78 Å². The summed E-state index contributed by atoms with van der Waals surface area (Å²) in [6, 6.07) is 16.6. The average molecular weight is 299 g/mol. The minimum absolute atomic E-state index is 0.00352. The van der Waals surface area contributed by atoms with Crippen molar-refractivity contribution in [1.82, 2.24) is 9.55 Å². The lowest BCUT2D eigenvalue weighted by Gasteiger charge is -2.07. The van der Waals surface area contributed by atoms with Crippen LogP contribution in [-0.2, 0) is 0 Å². The van der Waals surface area contributed by atoms with Crippen LogP contribution in [0.1, 0.15) is 10.5 Å². The van der Waals surface area contributed by atoms with Gasteiger partial charge in [-0.2, -0.15) is 0 Å². The molecule has 1 aromatic heterocycles. The number of aromatic nitrogens is 2. The molecule has 0 fully saturated rings. The van der Waals surface area contributed by atoms with Crippen LogP contribution in [0, 0.1) is 0 Å². The summed E-state index contributed by atoms with van der Waals surface area (Å²) in [5.41, 5.74) is 1.65. The van der Waals surface area contributed by atoms with E-state index in [9.17, 15) is 4.79 Å². The summed E-state index contributed by atoms with van der Waals surface area (Å²) in [7, 11) is 0. The van der Waals surface area contributed by atoms with Crippen LogP contribution in [0.15, 0.2) is 60.8 Å². The molecule has 3 rings (SSSR count). The van der Waals surface area contributed by atoms with Gasteiger partial charge in [0.05, 0.1) is 0 Å². The second-order valence-electron chi connectivity index (χ2n) is 4.47. The average Bonchev–Trinajstić information content (AvgIpc) is 2.94. The van der Waals surface area contributed by atoms with E-state index in [-0.39, 0.29) is 5.69 Å². The highest BCUT2D eigenvalue weighted by molar-refractivity contribution is 6.30. The maximum atomic E-state index is 11.2. The minimum Gasteiger partial charge on any atom is -0.476 e. The molecule has 0 amide bonds. The Morgan fingerprint density at radius 2 is 1.71 bits per heavy atom. The van der Waals surface area contributed by atoms with Crippen molar-refractivity contribution in [2.24, 2.45) is 0 Å². The van der Waals surface area contributed by atoms with E-state index in [2.05, 4.69) is 4.98 Å². The molecule has 0 unspecified atom stereocenters. The normalized spacial score (nSPS) is 10.5. The molecule has 0 aliphatic carbocycles. The zero-order valence-electron chi connectivity index (χ0n) is 10.9. The maximum Gasteiger partial charge on any atom is 0.356 e. The molecule has 0 aliphatic rings. The fourth-order valence-electron chi connectivity index (χ4n) is 2.07. The predicted octanol–water partition coefficient (Wildman–Crippen LogP) is 3.89. The standard InChI is InChI=1S/C16H11ClN2O2/c17-12-6-8-13(9-7-12)19-10-14(16(20)21)18-15(19)11-4-2-1-3-5-11/h1-10H,(H,20,21). The summed E-state index contributed by atoms with van der Waals surface area (Å²) in [5.74, 6) is -0.477. The predicted molar refractivity (Wildman–Crippen MR) is 81.0 cm³/mol. The molecule has 2 aromatic carbocycles. The molecule has 0 radical (unpaired) electrons. The van der Waals surface area contributed by atoms with Gasteiger partial charge in [-0.05, 0) is 24.3 Å². The van der Waals surface area contributed by atoms with E-state index in [1.807, 2.05) is 42.5 Å². The van der Waals surface area contributed by atoms with E-state index in [0.29, 0.717) is 10.8 Å². The van der Waals surface area contributed by atoms with Crippen molar-refractivity contribution in [2.75, 3.05) is 0 Å². The highest BCUT2D eigenvalue weighted by Crippen LogP contribution is 2.24. The van der Waals surface area contributed by atoms with E-state index < -0.39 is 5.97 Å². The zero-order chi connectivity index (χ0) is 14.8. The Morgan fingerprint density at radius 3 is 2.33 bits per heavy atom. The number of hydrogen-bond acceptors (Lipinski definition) is 2. The van der Waals surface area contributed by atoms with Crippen LogP contribution < -0.4 is 0 Å². The van der Waals surface area contributed by atoms with Crippen LogP contribution >= 0.6 is 11.6 Å². The number of carboxylic acid groups (broad SMARTS) is 1. The van der Waals surface area contributed by atoms with Gasteiger partial charge in [0.25, 0.3) is 0 Å². The van der Waals surface area contributed by atoms with Crippen molar-refractivity contribution in [2.45, 2.75) is 0 Å². The molecule has 1 heterocycles. The first-order valence-electron chi connectivity index (χ1n) is 6.29. The maximum absolute atomic E-state index is 11.2. The second kappa shape index (κ2) is 5.42. The summed E-state index contributed by atoms with van der Waals surface area (Å²) in [6.45, 7) is 0. The third-order valence-corrected chi connectivity index (χ3v) is 3.31. The number of carboxylic acids is 1. The molecule has 1 N–H and O–H groups in total. The van der Waals surface area contributed by atoms with E-state index in [1.54, 1.807) is 16.7 Å². The summed E-state index contributed by atoms with van der Waals surface area (Å²) >= 11 is 5.89.